The second kappa shape index (κ2) is 9.37. The fraction of sp³-hybridized carbons (Fsp3) is 0.261. The smallest absolute Gasteiger partial charge is 0.419 e. The molecule has 0 aliphatic heterocycles. The van der Waals surface area contributed by atoms with Gasteiger partial charge in [-0.25, -0.2) is 18.6 Å². The lowest BCUT2D eigenvalue weighted by Gasteiger charge is -2.10. The molecule has 8 nitrogen and oxygen atoms in total. The predicted octanol–water partition coefficient (Wildman–Crippen LogP) is 3.66. The zero-order valence-electron chi connectivity index (χ0n) is 18.1. The minimum Gasteiger partial charge on any atom is -0.441 e. The van der Waals surface area contributed by atoms with E-state index in [1.54, 1.807) is 18.2 Å². The summed E-state index contributed by atoms with van der Waals surface area (Å²) in [5.41, 5.74) is 1.65. The van der Waals surface area contributed by atoms with Crippen LogP contribution in [0.1, 0.15) is 12.3 Å². The average molecular weight is 456 g/mol. The van der Waals surface area contributed by atoms with E-state index in [9.17, 15) is 18.4 Å². The molecule has 0 radical (unpaired) electrons. The third-order valence-electron chi connectivity index (χ3n) is 5.04. The number of anilines is 1. The van der Waals surface area contributed by atoms with Crippen molar-refractivity contribution < 1.29 is 22.4 Å². The Balaban J connectivity index is 1.40. The van der Waals surface area contributed by atoms with E-state index in [-0.39, 0.29) is 36.0 Å². The standard InChI is InChI=1S/C23H22F2N4O4/c1-28(2)9-10-29-18-12-15(4-6-19(18)33-23(29)31)27-21(30)7-8-22-26-13-20(32-22)16-5-3-14(24)11-17(16)25/h3-6,11-13H,7-10H2,1-2H3,(H,27,30). The van der Waals surface area contributed by atoms with Gasteiger partial charge in [-0.3, -0.25) is 9.36 Å². The van der Waals surface area contributed by atoms with Crippen molar-refractivity contribution in [2.45, 2.75) is 19.4 Å². The second-order valence-corrected chi connectivity index (χ2v) is 7.80. The monoisotopic (exact) mass is 456 g/mol. The first-order valence-electron chi connectivity index (χ1n) is 10.3. The highest BCUT2D eigenvalue weighted by molar-refractivity contribution is 5.92. The molecule has 0 spiro atoms. The van der Waals surface area contributed by atoms with Crippen LogP contribution in [0, 0.1) is 11.6 Å². The number of hydrogen-bond acceptors (Lipinski definition) is 6. The number of aryl methyl sites for hydroxylation is 1. The first kappa shape index (κ1) is 22.4. The molecule has 0 aliphatic carbocycles. The van der Waals surface area contributed by atoms with E-state index in [1.807, 2.05) is 19.0 Å². The van der Waals surface area contributed by atoms with Crippen LogP contribution in [0.25, 0.3) is 22.4 Å². The molecule has 2 aromatic heterocycles. The normalized spacial score (nSPS) is 11.4. The van der Waals surface area contributed by atoms with E-state index in [2.05, 4.69) is 10.3 Å². The van der Waals surface area contributed by atoms with Gasteiger partial charge in [0.15, 0.2) is 17.2 Å². The van der Waals surface area contributed by atoms with Crippen molar-refractivity contribution >= 4 is 22.7 Å². The second-order valence-electron chi connectivity index (χ2n) is 7.80. The van der Waals surface area contributed by atoms with E-state index in [0.29, 0.717) is 29.9 Å². The van der Waals surface area contributed by atoms with Gasteiger partial charge in [0, 0.05) is 37.7 Å². The largest absolute Gasteiger partial charge is 0.441 e. The Morgan fingerprint density at radius 3 is 2.73 bits per heavy atom. The Labute approximate surface area is 187 Å². The van der Waals surface area contributed by atoms with E-state index in [0.717, 1.165) is 12.1 Å². The maximum Gasteiger partial charge on any atom is 0.419 e. The number of rotatable bonds is 8. The number of oxazole rings is 2. The lowest BCUT2D eigenvalue weighted by molar-refractivity contribution is -0.116. The van der Waals surface area contributed by atoms with Crippen LogP contribution in [0.3, 0.4) is 0 Å². The predicted molar refractivity (Wildman–Crippen MR) is 118 cm³/mol. The lowest BCUT2D eigenvalue weighted by atomic mass is 10.2. The van der Waals surface area contributed by atoms with Gasteiger partial charge in [-0.05, 0) is 44.4 Å². The lowest BCUT2D eigenvalue weighted by Crippen LogP contribution is -2.23. The summed E-state index contributed by atoms with van der Waals surface area (Å²) in [6.45, 7) is 1.11. The quantitative estimate of drug-likeness (QED) is 0.435. The molecule has 1 amide bonds. The molecule has 4 rings (SSSR count). The highest BCUT2D eigenvalue weighted by Crippen LogP contribution is 2.25. The van der Waals surface area contributed by atoms with Gasteiger partial charge in [0.1, 0.15) is 11.6 Å². The minimum atomic E-state index is -0.755. The zero-order chi connectivity index (χ0) is 23.5. The first-order valence-corrected chi connectivity index (χ1v) is 10.3. The van der Waals surface area contributed by atoms with E-state index in [4.69, 9.17) is 8.83 Å². The number of amides is 1. The van der Waals surface area contributed by atoms with Crippen LogP contribution in [-0.2, 0) is 17.8 Å². The molecule has 2 aromatic carbocycles. The van der Waals surface area contributed by atoms with Crippen molar-refractivity contribution in [3.05, 3.63) is 70.7 Å². The maximum atomic E-state index is 13.9. The van der Waals surface area contributed by atoms with Gasteiger partial charge in [-0.1, -0.05) is 0 Å². The molecule has 0 saturated carbocycles. The Bertz CT molecular complexity index is 1360. The average Bonchev–Trinajstić information content (AvgIpc) is 3.34. The number of benzene rings is 2. The number of nitrogens with one attached hydrogen (secondary N) is 1. The highest BCUT2D eigenvalue weighted by atomic mass is 19.1. The number of carbonyl (C=O) groups excluding carboxylic acids is 1. The number of carbonyl (C=O) groups is 1. The molecule has 0 unspecified atom stereocenters. The topological polar surface area (TPSA) is 93.5 Å². The van der Waals surface area contributed by atoms with Gasteiger partial charge in [0.25, 0.3) is 0 Å². The fourth-order valence-electron chi connectivity index (χ4n) is 3.34. The molecule has 0 bridgehead atoms. The van der Waals surface area contributed by atoms with Crippen LogP contribution < -0.4 is 11.1 Å². The van der Waals surface area contributed by atoms with Crippen LogP contribution in [0.4, 0.5) is 14.5 Å². The van der Waals surface area contributed by atoms with Crippen molar-refractivity contribution in [2.24, 2.45) is 0 Å². The first-order chi connectivity index (χ1) is 15.8. The number of fused-ring (bicyclic) bond motifs is 1. The number of hydrogen-bond donors (Lipinski definition) is 1. The van der Waals surface area contributed by atoms with Crippen molar-refractivity contribution in [2.75, 3.05) is 26.0 Å². The van der Waals surface area contributed by atoms with E-state index < -0.39 is 17.4 Å². The maximum absolute atomic E-state index is 13.9. The Hall–Kier alpha value is -3.79. The molecule has 1 N–H and O–H groups in total. The summed E-state index contributed by atoms with van der Waals surface area (Å²) in [5.74, 6) is -1.76. The third kappa shape index (κ3) is 5.17. The van der Waals surface area contributed by atoms with Gasteiger partial charge in [0.2, 0.25) is 5.91 Å². The van der Waals surface area contributed by atoms with Gasteiger partial charge in [0.05, 0.1) is 17.3 Å². The zero-order valence-corrected chi connectivity index (χ0v) is 18.1. The van der Waals surface area contributed by atoms with Gasteiger partial charge in [-0.15, -0.1) is 0 Å². The van der Waals surface area contributed by atoms with Crippen LogP contribution in [-0.4, -0.2) is 41.0 Å². The summed E-state index contributed by atoms with van der Waals surface area (Å²) in [7, 11) is 3.82. The molecule has 2 heterocycles. The van der Waals surface area contributed by atoms with Crippen molar-refractivity contribution in [3.8, 4) is 11.3 Å². The fourth-order valence-corrected chi connectivity index (χ4v) is 3.34. The highest BCUT2D eigenvalue weighted by Gasteiger charge is 2.14. The molecular weight excluding hydrogens is 434 g/mol. The summed E-state index contributed by atoms with van der Waals surface area (Å²) < 4.78 is 39.3. The van der Waals surface area contributed by atoms with Gasteiger partial charge >= 0.3 is 5.76 Å². The molecule has 33 heavy (non-hydrogen) atoms. The van der Waals surface area contributed by atoms with Gasteiger partial charge in [-0.2, -0.15) is 0 Å². The molecule has 0 fully saturated rings. The third-order valence-corrected chi connectivity index (χ3v) is 5.04. The van der Waals surface area contributed by atoms with Crippen molar-refractivity contribution in [3.63, 3.8) is 0 Å². The Kier molecular flexibility index (Phi) is 6.36. The number of halogens is 2. The Morgan fingerprint density at radius 1 is 1.15 bits per heavy atom. The van der Waals surface area contributed by atoms with Crippen molar-refractivity contribution in [1.82, 2.24) is 14.5 Å². The summed E-state index contributed by atoms with van der Waals surface area (Å²) in [4.78, 5) is 30.5. The molecule has 4 aromatic rings. The number of likely N-dealkylation sites (N-methyl/N-ethyl adjacent to an activating group) is 1. The minimum absolute atomic E-state index is 0.0721. The number of nitrogens with zero attached hydrogens (tertiary/aromatic N) is 3. The van der Waals surface area contributed by atoms with Crippen LogP contribution >= 0.6 is 0 Å². The summed E-state index contributed by atoms with van der Waals surface area (Å²) in [6, 6.07) is 8.14. The summed E-state index contributed by atoms with van der Waals surface area (Å²) in [5, 5.41) is 2.78. The van der Waals surface area contributed by atoms with E-state index in [1.165, 1.54) is 16.8 Å². The molecule has 0 aliphatic rings. The van der Waals surface area contributed by atoms with Crippen LogP contribution in [0.2, 0.25) is 0 Å². The van der Waals surface area contributed by atoms with Gasteiger partial charge < -0.3 is 19.1 Å². The van der Waals surface area contributed by atoms with Crippen LogP contribution in [0.15, 0.2) is 56.2 Å². The van der Waals surface area contributed by atoms with E-state index >= 15 is 0 Å². The van der Waals surface area contributed by atoms with Crippen molar-refractivity contribution in [1.29, 1.82) is 0 Å². The SMILES string of the molecule is CN(C)CCn1c(=O)oc2ccc(NC(=O)CCc3ncc(-c4ccc(F)cc4F)o3)cc21. The Morgan fingerprint density at radius 2 is 1.97 bits per heavy atom. The summed E-state index contributed by atoms with van der Waals surface area (Å²) >= 11 is 0. The van der Waals surface area contributed by atoms with Crippen LogP contribution in [0.5, 0.6) is 0 Å². The molecule has 0 atom stereocenters. The summed E-state index contributed by atoms with van der Waals surface area (Å²) in [6.07, 6.45) is 1.60. The molecule has 0 saturated heterocycles. The molecule has 10 heteroatoms. The molecule has 172 valence electrons. The molecular formula is C23H22F2N4O4. The number of aromatic nitrogens is 2.